The maximum absolute atomic E-state index is 13.8. The molecule has 2 aliphatic rings. The highest BCUT2D eigenvalue weighted by Gasteiger charge is 2.56. The van der Waals surface area contributed by atoms with Crippen molar-refractivity contribution >= 4 is 28.9 Å². The number of nitrogens with one attached hydrogen (secondary N) is 2. The molecule has 2 aromatic carbocycles. The number of rotatable bonds is 7. The fraction of sp³-hybridized carbons (Fsp3) is 0.286. The standard InChI is InChI=1S/C28H28N2O8/c1-13-24(34)22(15(3)31)26-23(25(13)35)28(4)19(38-26)12-18(32)21(27(28)36)14(2)29-11-10-20(33)30-16-6-8-17(37-5)9-7-16/h6-9,12,29,34-35H,10-11H2,1-5H3,(H,30,33)/t28-/m0/s1. The van der Waals surface area contributed by atoms with Gasteiger partial charge in [-0.3, -0.25) is 19.2 Å². The Balaban J connectivity index is 1.58. The van der Waals surface area contributed by atoms with Crippen LogP contribution in [0.3, 0.4) is 0 Å². The van der Waals surface area contributed by atoms with Crippen LogP contribution in [0.5, 0.6) is 23.0 Å². The van der Waals surface area contributed by atoms with E-state index in [-0.39, 0.29) is 58.3 Å². The number of ether oxygens (including phenoxy) is 2. The molecule has 10 nitrogen and oxygen atoms in total. The van der Waals surface area contributed by atoms with Crippen LogP contribution >= 0.6 is 0 Å². The predicted octanol–water partition coefficient (Wildman–Crippen LogP) is 3.20. The molecule has 10 heteroatoms. The van der Waals surface area contributed by atoms with Gasteiger partial charge in [0.2, 0.25) is 5.91 Å². The first-order chi connectivity index (χ1) is 17.9. The Labute approximate surface area is 218 Å². The van der Waals surface area contributed by atoms with Crippen molar-refractivity contribution in [2.24, 2.45) is 0 Å². The summed E-state index contributed by atoms with van der Waals surface area (Å²) >= 11 is 0. The molecule has 1 amide bonds. The Bertz CT molecular complexity index is 1450. The van der Waals surface area contributed by atoms with Gasteiger partial charge in [0.15, 0.2) is 17.3 Å². The number of phenolic OH excluding ortho intramolecular Hbond substituents is 2. The molecular formula is C28H28N2O8. The van der Waals surface area contributed by atoms with Crippen LogP contribution in [0.25, 0.3) is 0 Å². The molecule has 0 unspecified atom stereocenters. The molecule has 0 saturated heterocycles. The van der Waals surface area contributed by atoms with Crippen LogP contribution in [-0.4, -0.2) is 47.1 Å². The van der Waals surface area contributed by atoms with Gasteiger partial charge in [0, 0.05) is 36.0 Å². The molecule has 0 bridgehead atoms. The van der Waals surface area contributed by atoms with E-state index in [1.807, 2.05) is 0 Å². The smallest absolute Gasteiger partial charge is 0.226 e. The van der Waals surface area contributed by atoms with Crippen LogP contribution in [0.1, 0.15) is 48.7 Å². The van der Waals surface area contributed by atoms with Crippen molar-refractivity contribution in [3.05, 3.63) is 64.1 Å². The number of Topliss-reactive ketones (excluding diaryl/α,β-unsaturated/α-hetero) is 2. The monoisotopic (exact) mass is 520 g/mol. The minimum absolute atomic E-state index is 0.0194. The molecule has 0 fully saturated rings. The number of aromatic hydroxyl groups is 2. The van der Waals surface area contributed by atoms with Crippen LogP contribution in [0.2, 0.25) is 0 Å². The fourth-order valence-corrected chi connectivity index (χ4v) is 4.71. The van der Waals surface area contributed by atoms with E-state index in [9.17, 15) is 29.4 Å². The molecular weight excluding hydrogens is 492 g/mol. The van der Waals surface area contributed by atoms with Gasteiger partial charge in [-0.05, 0) is 52.0 Å². The first-order valence-electron chi connectivity index (χ1n) is 11.9. The molecule has 2 aromatic rings. The average Bonchev–Trinajstić information content (AvgIpc) is 3.15. The number of phenols is 2. The zero-order valence-electron chi connectivity index (χ0n) is 21.6. The molecule has 38 heavy (non-hydrogen) atoms. The maximum Gasteiger partial charge on any atom is 0.226 e. The van der Waals surface area contributed by atoms with E-state index in [2.05, 4.69) is 10.6 Å². The summed E-state index contributed by atoms with van der Waals surface area (Å²) in [6, 6.07) is 6.85. The summed E-state index contributed by atoms with van der Waals surface area (Å²) in [6.45, 7) is 5.83. The van der Waals surface area contributed by atoms with E-state index in [0.29, 0.717) is 11.4 Å². The Hall–Kier alpha value is -4.60. The summed E-state index contributed by atoms with van der Waals surface area (Å²) in [5.74, 6) is -2.42. The highest BCUT2D eigenvalue weighted by atomic mass is 16.5. The minimum atomic E-state index is -1.60. The number of carbonyl (C=O) groups is 4. The molecule has 1 atom stereocenters. The van der Waals surface area contributed by atoms with Gasteiger partial charge in [0.1, 0.15) is 39.7 Å². The third kappa shape index (κ3) is 4.17. The Morgan fingerprint density at radius 1 is 1.08 bits per heavy atom. The molecule has 0 radical (unpaired) electrons. The number of amides is 1. The SMILES string of the molecule is COc1ccc(NC(=O)CCNC(C)=C2C(=O)C=C3Oc4c(C(C)=O)c(O)c(C)c(O)c4[C@@]3(C)C2=O)cc1. The molecule has 4 rings (SSSR count). The Morgan fingerprint density at radius 3 is 2.34 bits per heavy atom. The van der Waals surface area contributed by atoms with Gasteiger partial charge in [-0.2, -0.15) is 0 Å². The second-order valence-electron chi connectivity index (χ2n) is 9.34. The van der Waals surface area contributed by atoms with Gasteiger partial charge < -0.3 is 30.3 Å². The lowest BCUT2D eigenvalue weighted by atomic mass is 9.70. The lowest BCUT2D eigenvalue weighted by Crippen LogP contribution is -2.41. The van der Waals surface area contributed by atoms with E-state index in [1.54, 1.807) is 38.3 Å². The van der Waals surface area contributed by atoms with Crippen molar-refractivity contribution in [1.82, 2.24) is 5.32 Å². The molecule has 1 aliphatic heterocycles. The van der Waals surface area contributed by atoms with Crippen molar-refractivity contribution in [3.63, 3.8) is 0 Å². The summed E-state index contributed by atoms with van der Waals surface area (Å²) in [5, 5.41) is 27.0. The Kier molecular flexibility index (Phi) is 6.75. The number of anilines is 1. The minimum Gasteiger partial charge on any atom is -0.507 e. The number of benzene rings is 2. The van der Waals surface area contributed by atoms with Crippen LogP contribution in [0.4, 0.5) is 5.69 Å². The number of hydrogen-bond donors (Lipinski definition) is 4. The highest BCUT2D eigenvalue weighted by molar-refractivity contribution is 6.31. The predicted molar refractivity (Wildman–Crippen MR) is 138 cm³/mol. The summed E-state index contributed by atoms with van der Waals surface area (Å²) in [5.41, 5.74) is -1.03. The summed E-state index contributed by atoms with van der Waals surface area (Å²) < 4.78 is 10.8. The number of methoxy groups -OCH3 is 1. The van der Waals surface area contributed by atoms with Crippen molar-refractivity contribution in [3.8, 4) is 23.0 Å². The van der Waals surface area contributed by atoms with Gasteiger partial charge in [-0.25, -0.2) is 0 Å². The van der Waals surface area contributed by atoms with Crippen molar-refractivity contribution in [2.45, 2.75) is 39.5 Å². The summed E-state index contributed by atoms with van der Waals surface area (Å²) in [4.78, 5) is 51.4. The molecule has 0 saturated carbocycles. The quantitative estimate of drug-likeness (QED) is 0.245. The fourth-order valence-electron chi connectivity index (χ4n) is 4.71. The molecule has 0 spiro atoms. The number of fused-ring (bicyclic) bond motifs is 3. The lowest BCUT2D eigenvalue weighted by molar-refractivity contribution is -0.123. The maximum atomic E-state index is 13.8. The molecule has 1 heterocycles. The van der Waals surface area contributed by atoms with E-state index in [1.165, 1.54) is 20.8 Å². The van der Waals surface area contributed by atoms with E-state index in [4.69, 9.17) is 9.47 Å². The second kappa shape index (κ2) is 9.70. The third-order valence-electron chi connectivity index (χ3n) is 6.88. The van der Waals surface area contributed by atoms with E-state index < -0.39 is 34.3 Å². The van der Waals surface area contributed by atoms with Crippen molar-refractivity contribution in [2.75, 3.05) is 19.0 Å². The number of hydrogen-bond acceptors (Lipinski definition) is 9. The van der Waals surface area contributed by atoms with Gasteiger partial charge in [0.25, 0.3) is 0 Å². The van der Waals surface area contributed by atoms with Crippen molar-refractivity contribution in [1.29, 1.82) is 0 Å². The third-order valence-corrected chi connectivity index (χ3v) is 6.88. The Morgan fingerprint density at radius 2 is 1.74 bits per heavy atom. The number of allylic oxidation sites excluding steroid dienone is 4. The van der Waals surface area contributed by atoms with Crippen LogP contribution in [0.15, 0.2) is 47.4 Å². The summed E-state index contributed by atoms with van der Waals surface area (Å²) in [6.07, 6.45) is 1.21. The van der Waals surface area contributed by atoms with Gasteiger partial charge >= 0.3 is 0 Å². The van der Waals surface area contributed by atoms with E-state index in [0.717, 1.165) is 6.08 Å². The molecule has 0 aromatic heterocycles. The number of ketones is 3. The van der Waals surface area contributed by atoms with Crippen LogP contribution in [0, 0.1) is 6.92 Å². The number of carbonyl (C=O) groups excluding carboxylic acids is 4. The first-order valence-corrected chi connectivity index (χ1v) is 11.9. The van der Waals surface area contributed by atoms with E-state index >= 15 is 0 Å². The van der Waals surface area contributed by atoms with Crippen molar-refractivity contribution < 1.29 is 38.9 Å². The average molecular weight is 521 g/mol. The summed E-state index contributed by atoms with van der Waals surface area (Å²) in [7, 11) is 1.55. The normalized spacial score (nSPS) is 19.1. The second-order valence-corrected chi connectivity index (χ2v) is 9.34. The van der Waals surface area contributed by atoms with Gasteiger partial charge in [-0.1, -0.05) is 0 Å². The lowest BCUT2D eigenvalue weighted by Gasteiger charge is -2.29. The first kappa shape index (κ1) is 26.5. The van der Waals surface area contributed by atoms with Gasteiger partial charge in [0.05, 0.1) is 18.2 Å². The largest absolute Gasteiger partial charge is 0.507 e. The van der Waals surface area contributed by atoms with Gasteiger partial charge in [-0.15, -0.1) is 0 Å². The topological polar surface area (TPSA) is 151 Å². The molecule has 1 aliphatic carbocycles. The highest BCUT2D eigenvalue weighted by Crippen LogP contribution is 2.57. The zero-order valence-corrected chi connectivity index (χ0v) is 21.6. The molecule has 4 N–H and O–H groups in total. The van der Waals surface area contributed by atoms with Crippen LogP contribution in [-0.2, 0) is 19.8 Å². The van der Waals surface area contributed by atoms with Crippen LogP contribution < -0.4 is 20.1 Å². The zero-order chi connectivity index (χ0) is 27.9. The molecule has 198 valence electrons.